The lowest BCUT2D eigenvalue weighted by Crippen LogP contribution is -2.35. The molecule has 0 aromatic heterocycles. The van der Waals surface area contributed by atoms with Crippen LogP contribution in [0.4, 0.5) is 0 Å². The van der Waals surface area contributed by atoms with Gasteiger partial charge in [0.1, 0.15) is 0 Å². The molecule has 0 unspecified atom stereocenters. The summed E-state index contributed by atoms with van der Waals surface area (Å²) in [6.45, 7) is 4.11. The predicted octanol–water partition coefficient (Wildman–Crippen LogP) is 3.68. The van der Waals surface area contributed by atoms with Crippen molar-refractivity contribution in [2.75, 3.05) is 13.1 Å². The summed E-state index contributed by atoms with van der Waals surface area (Å²) in [4.78, 5) is 13.8. The summed E-state index contributed by atoms with van der Waals surface area (Å²) in [6, 6.07) is 0. The van der Waals surface area contributed by atoms with Crippen LogP contribution >= 0.6 is 0 Å². The Hall–Kier alpha value is -1.01. The highest BCUT2D eigenvalue weighted by molar-refractivity contribution is 5.77. The molecule has 0 radical (unpaired) electrons. The zero-order chi connectivity index (χ0) is 12.3. The van der Waals surface area contributed by atoms with Crippen LogP contribution in [-0.2, 0) is 4.79 Å². The van der Waals surface area contributed by atoms with E-state index < -0.39 is 0 Å². The Morgan fingerprint density at radius 1 is 1.18 bits per heavy atom. The van der Waals surface area contributed by atoms with Crippen molar-refractivity contribution in [2.45, 2.75) is 58.3 Å². The maximum absolute atomic E-state index is 11.8. The Morgan fingerprint density at radius 2 is 1.94 bits per heavy atom. The van der Waals surface area contributed by atoms with Gasteiger partial charge in [-0.15, -0.1) is 5.73 Å². The van der Waals surface area contributed by atoms with Gasteiger partial charge in [-0.3, -0.25) is 4.79 Å². The molecule has 0 atom stereocenters. The van der Waals surface area contributed by atoms with E-state index in [1.807, 2.05) is 11.0 Å². The summed E-state index contributed by atoms with van der Waals surface area (Å²) in [6.07, 6.45) is 12.9. The molecule has 1 fully saturated rings. The first-order valence-electron chi connectivity index (χ1n) is 7.01. The number of piperidine rings is 1. The van der Waals surface area contributed by atoms with Gasteiger partial charge in [0.15, 0.2) is 0 Å². The summed E-state index contributed by atoms with van der Waals surface area (Å²) < 4.78 is 0. The van der Waals surface area contributed by atoms with Crippen LogP contribution < -0.4 is 0 Å². The van der Waals surface area contributed by atoms with Gasteiger partial charge in [-0.1, -0.05) is 19.8 Å². The van der Waals surface area contributed by atoms with E-state index in [0.29, 0.717) is 6.42 Å². The summed E-state index contributed by atoms with van der Waals surface area (Å²) in [5.74, 6) is 0.263. The molecule has 1 rings (SSSR count). The predicted molar refractivity (Wildman–Crippen MR) is 71.8 cm³/mol. The fourth-order valence-corrected chi connectivity index (χ4v) is 2.08. The second-order valence-corrected chi connectivity index (χ2v) is 4.72. The molecule has 1 aliphatic heterocycles. The number of carbonyl (C=O) groups excluding carboxylic acids is 1. The van der Waals surface area contributed by atoms with Crippen molar-refractivity contribution in [1.82, 2.24) is 4.90 Å². The topological polar surface area (TPSA) is 20.3 Å². The van der Waals surface area contributed by atoms with Gasteiger partial charge in [0.2, 0.25) is 5.91 Å². The number of hydrogen-bond donors (Lipinski definition) is 0. The van der Waals surface area contributed by atoms with Crippen molar-refractivity contribution in [3.05, 3.63) is 17.9 Å². The molecule has 2 heteroatoms. The Morgan fingerprint density at radius 3 is 2.65 bits per heavy atom. The van der Waals surface area contributed by atoms with E-state index in [1.165, 1.54) is 38.5 Å². The zero-order valence-corrected chi connectivity index (χ0v) is 11.1. The van der Waals surface area contributed by atoms with Gasteiger partial charge < -0.3 is 4.90 Å². The highest BCUT2D eigenvalue weighted by Crippen LogP contribution is 2.09. The first-order valence-corrected chi connectivity index (χ1v) is 7.01. The highest BCUT2D eigenvalue weighted by Gasteiger charge is 2.14. The van der Waals surface area contributed by atoms with Gasteiger partial charge in [0, 0.05) is 13.1 Å². The zero-order valence-electron chi connectivity index (χ0n) is 11.1. The third-order valence-corrected chi connectivity index (χ3v) is 3.17. The van der Waals surface area contributed by atoms with Crippen LogP contribution in [-0.4, -0.2) is 23.9 Å². The van der Waals surface area contributed by atoms with Gasteiger partial charge >= 0.3 is 0 Å². The van der Waals surface area contributed by atoms with Crippen LogP contribution in [0, 0.1) is 0 Å². The Labute approximate surface area is 105 Å². The lowest BCUT2D eigenvalue weighted by atomic mass is 10.1. The van der Waals surface area contributed by atoms with E-state index in [9.17, 15) is 4.79 Å². The Balaban J connectivity index is 2.15. The van der Waals surface area contributed by atoms with E-state index in [0.717, 1.165) is 19.5 Å². The smallest absolute Gasteiger partial charge is 0.227 e. The molecule has 0 aromatic carbocycles. The van der Waals surface area contributed by atoms with Gasteiger partial charge in [-0.2, -0.15) is 0 Å². The second kappa shape index (κ2) is 9.07. The highest BCUT2D eigenvalue weighted by atomic mass is 16.2. The van der Waals surface area contributed by atoms with Crippen molar-refractivity contribution < 1.29 is 4.79 Å². The normalized spacial score (nSPS) is 15.2. The second-order valence-electron chi connectivity index (χ2n) is 4.72. The van der Waals surface area contributed by atoms with Crippen LogP contribution in [0.3, 0.4) is 0 Å². The maximum Gasteiger partial charge on any atom is 0.227 e. The minimum Gasteiger partial charge on any atom is -0.342 e. The van der Waals surface area contributed by atoms with E-state index in [4.69, 9.17) is 0 Å². The van der Waals surface area contributed by atoms with Crippen molar-refractivity contribution in [2.24, 2.45) is 0 Å². The lowest BCUT2D eigenvalue weighted by Gasteiger charge is -2.26. The number of likely N-dealkylation sites (tertiary alicyclic amines) is 1. The van der Waals surface area contributed by atoms with E-state index in [2.05, 4.69) is 18.7 Å². The third-order valence-electron chi connectivity index (χ3n) is 3.17. The SMILES string of the molecule is CCCCCC=C=CCC(=O)N1CCCCC1. The molecule has 1 saturated heterocycles. The summed E-state index contributed by atoms with van der Waals surface area (Å²) in [5.41, 5.74) is 3.12. The molecule has 0 N–H and O–H groups in total. The van der Waals surface area contributed by atoms with Crippen LogP contribution in [0.25, 0.3) is 0 Å². The monoisotopic (exact) mass is 235 g/mol. The number of carbonyl (C=O) groups is 1. The van der Waals surface area contributed by atoms with E-state index in [-0.39, 0.29) is 5.91 Å². The van der Waals surface area contributed by atoms with Gasteiger partial charge in [-0.05, 0) is 44.3 Å². The number of hydrogen-bond acceptors (Lipinski definition) is 1. The fourth-order valence-electron chi connectivity index (χ4n) is 2.08. The summed E-state index contributed by atoms with van der Waals surface area (Å²) in [7, 11) is 0. The summed E-state index contributed by atoms with van der Waals surface area (Å²) >= 11 is 0. The first kappa shape index (κ1) is 14.1. The molecule has 1 heterocycles. The molecule has 0 saturated carbocycles. The average molecular weight is 235 g/mol. The molecule has 1 aliphatic rings. The first-order chi connectivity index (χ1) is 8.34. The van der Waals surface area contributed by atoms with E-state index in [1.54, 1.807) is 0 Å². The number of nitrogens with zero attached hydrogens (tertiary/aromatic N) is 1. The van der Waals surface area contributed by atoms with Crippen LogP contribution in [0.2, 0.25) is 0 Å². The molecule has 17 heavy (non-hydrogen) atoms. The molecule has 2 nitrogen and oxygen atoms in total. The lowest BCUT2D eigenvalue weighted by molar-refractivity contribution is -0.131. The van der Waals surface area contributed by atoms with Crippen molar-refractivity contribution in [1.29, 1.82) is 0 Å². The van der Waals surface area contributed by atoms with Gasteiger partial charge in [-0.25, -0.2) is 0 Å². The average Bonchev–Trinajstić information content (AvgIpc) is 2.38. The Kier molecular flexibility index (Phi) is 7.49. The van der Waals surface area contributed by atoms with Crippen LogP contribution in [0.1, 0.15) is 58.3 Å². The van der Waals surface area contributed by atoms with Gasteiger partial charge in [0.05, 0.1) is 6.42 Å². The minimum atomic E-state index is 0.263. The summed E-state index contributed by atoms with van der Waals surface area (Å²) in [5, 5.41) is 0. The number of amides is 1. The molecule has 0 bridgehead atoms. The van der Waals surface area contributed by atoms with E-state index >= 15 is 0 Å². The largest absolute Gasteiger partial charge is 0.342 e. The van der Waals surface area contributed by atoms with Crippen molar-refractivity contribution >= 4 is 5.91 Å². The van der Waals surface area contributed by atoms with Crippen LogP contribution in [0.5, 0.6) is 0 Å². The molecule has 1 amide bonds. The number of rotatable bonds is 6. The van der Waals surface area contributed by atoms with Crippen molar-refractivity contribution in [3.8, 4) is 0 Å². The molecule has 0 spiro atoms. The number of unbranched alkanes of at least 4 members (excludes halogenated alkanes) is 3. The molecule has 96 valence electrons. The Bertz CT molecular complexity index is 271. The minimum absolute atomic E-state index is 0.263. The van der Waals surface area contributed by atoms with Crippen LogP contribution in [0.15, 0.2) is 17.9 Å². The third kappa shape index (κ3) is 6.33. The van der Waals surface area contributed by atoms with Gasteiger partial charge in [0.25, 0.3) is 0 Å². The molecule has 0 aliphatic carbocycles. The molecular weight excluding hydrogens is 210 g/mol. The quantitative estimate of drug-likeness (QED) is 0.508. The maximum atomic E-state index is 11.8. The van der Waals surface area contributed by atoms with Crippen molar-refractivity contribution in [3.63, 3.8) is 0 Å². The molecule has 0 aromatic rings. The fraction of sp³-hybridized carbons (Fsp3) is 0.733. The standard InChI is InChI=1S/C15H25NO/c1-2-3-4-5-6-7-9-12-15(17)16-13-10-8-11-14-16/h6,9H,2-5,8,10-14H2,1H3. The molecular formula is C15H25NO.